The van der Waals surface area contributed by atoms with Crippen LogP contribution in [0.1, 0.15) is 36.7 Å². The molecule has 0 atom stereocenters. The number of benzene rings is 1. The third kappa shape index (κ3) is 5.16. The third-order valence-electron chi connectivity index (χ3n) is 3.91. The van der Waals surface area contributed by atoms with Gasteiger partial charge in [0.15, 0.2) is 5.96 Å². The summed E-state index contributed by atoms with van der Waals surface area (Å²) >= 11 is 2.02. The highest BCUT2D eigenvalue weighted by molar-refractivity contribution is 8.00. The standard InChI is InChI=1S/C18H28N4OS/c1-5-20-17(22-10-11-24-18(2,3)13-22)21-12-14-6-8-15(9-7-14)16(23)19-4/h6-9H,5,10-13H2,1-4H3,(H,19,23)(H,20,21). The van der Waals surface area contributed by atoms with Crippen LogP contribution < -0.4 is 10.6 Å². The molecule has 6 heteroatoms. The van der Waals surface area contributed by atoms with Crippen LogP contribution in [0.3, 0.4) is 0 Å². The van der Waals surface area contributed by atoms with Gasteiger partial charge in [0.2, 0.25) is 0 Å². The van der Waals surface area contributed by atoms with E-state index >= 15 is 0 Å². The predicted octanol–water partition coefficient (Wildman–Crippen LogP) is 2.34. The number of rotatable bonds is 4. The average molecular weight is 349 g/mol. The van der Waals surface area contributed by atoms with Crippen molar-refractivity contribution < 1.29 is 4.79 Å². The number of amides is 1. The topological polar surface area (TPSA) is 56.7 Å². The SMILES string of the molecule is CCNC(=NCc1ccc(C(=O)NC)cc1)N1CCSC(C)(C)C1. The Morgan fingerprint density at radius 3 is 2.62 bits per heavy atom. The first-order valence-corrected chi connectivity index (χ1v) is 9.42. The van der Waals surface area contributed by atoms with Gasteiger partial charge >= 0.3 is 0 Å². The van der Waals surface area contributed by atoms with E-state index < -0.39 is 0 Å². The van der Waals surface area contributed by atoms with Crippen LogP contribution in [0.15, 0.2) is 29.3 Å². The van der Waals surface area contributed by atoms with E-state index in [-0.39, 0.29) is 10.7 Å². The Balaban J connectivity index is 2.06. The summed E-state index contributed by atoms with van der Waals surface area (Å²) in [5.74, 6) is 2.03. The first-order valence-electron chi connectivity index (χ1n) is 8.43. The molecule has 1 aromatic rings. The van der Waals surface area contributed by atoms with Gasteiger partial charge in [0.1, 0.15) is 0 Å². The van der Waals surface area contributed by atoms with Crippen molar-refractivity contribution >= 4 is 23.6 Å². The summed E-state index contributed by atoms with van der Waals surface area (Å²) in [6, 6.07) is 7.62. The Labute approximate surface area is 149 Å². The molecule has 2 N–H and O–H groups in total. The number of guanidine groups is 1. The van der Waals surface area contributed by atoms with Gasteiger partial charge in [0.25, 0.3) is 5.91 Å². The maximum atomic E-state index is 11.6. The lowest BCUT2D eigenvalue weighted by Gasteiger charge is -2.39. The summed E-state index contributed by atoms with van der Waals surface area (Å²) < 4.78 is 0.254. The largest absolute Gasteiger partial charge is 0.357 e. The first kappa shape index (κ1) is 18.6. The molecule has 1 aromatic carbocycles. The fourth-order valence-corrected chi connectivity index (χ4v) is 3.81. The zero-order chi connectivity index (χ0) is 17.6. The molecule has 1 heterocycles. The highest BCUT2D eigenvalue weighted by atomic mass is 32.2. The zero-order valence-electron chi connectivity index (χ0n) is 15.1. The monoisotopic (exact) mass is 348 g/mol. The smallest absolute Gasteiger partial charge is 0.251 e. The summed E-state index contributed by atoms with van der Waals surface area (Å²) in [5.41, 5.74) is 1.77. The van der Waals surface area contributed by atoms with Crippen molar-refractivity contribution in [3.63, 3.8) is 0 Å². The van der Waals surface area contributed by atoms with Crippen LogP contribution in [0, 0.1) is 0 Å². The summed E-state index contributed by atoms with van der Waals surface area (Å²) in [4.78, 5) is 18.7. The van der Waals surface area contributed by atoms with Crippen molar-refractivity contribution in [2.45, 2.75) is 32.1 Å². The maximum absolute atomic E-state index is 11.6. The van der Waals surface area contributed by atoms with E-state index in [1.54, 1.807) is 7.05 Å². The Hall–Kier alpha value is -1.69. The van der Waals surface area contributed by atoms with Crippen LogP contribution in [0.25, 0.3) is 0 Å². The molecule has 5 nitrogen and oxygen atoms in total. The van der Waals surface area contributed by atoms with Gasteiger partial charge in [-0.3, -0.25) is 4.79 Å². The molecule has 2 rings (SSSR count). The molecule has 132 valence electrons. The van der Waals surface area contributed by atoms with Gasteiger partial charge in [-0.25, -0.2) is 4.99 Å². The highest BCUT2D eigenvalue weighted by Crippen LogP contribution is 2.29. The molecular weight excluding hydrogens is 320 g/mol. The molecule has 0 spiro atoms. The number of hydrogen-bond acceptors (Lipinski definition) is 3. The van der Waals surface area contributed by atoms with Crippen molar-refractivity contribution in [2.24, 2.45) is 4.99 Å². The van der Waals surface area contributed by atoms with Gasteiger partial charge in [0, 0.05) is 42.7 Å². The van der Waals surface area contributed by atoms with Gasteiger partial charge in [-0.05, 0) is 38.5 Å². The van der Waals surface area contributed by atoms with Crippen molar-refractivity contribution in [3.8, 4) is 0 Å². The average Bonchev–Trinajstić information content (AvgIpc) is 2.57. The summed E-state index contributed by atoms with van der Waals surface area (Å²) in [6.07, 6.45) is 0. The number of carbonyl (C=O) groups excluding carboxylic acids is 1. The molecule has 0 unspecified atom stereocenters. The molecule has 1 saturated heterocycles. The lowest BCUT2D eigenvalue weighted by Crippen LogP contribution is -2.50. The van der Waals surface area contributed by atoms with Gasteiger partial charge in [-0.2, -0.15) is 11.8 Å². The number of nitrogens with one attached hydrogen (secondary N) is 2. The van der Waals surface area contributed by atoms with Gasteiger partial charge in [-0.1, -0.05) is 12.1 Å². The Morgan fingerprint density at radius 1 is 1.33 bits per heavy atom. The van der Waals surface area contributed by atoms with E-state index in [4.69, 9.17) is 4.99 Å². The molecule has 1 fully saturated rings. The van der Waals surface area contributed by atoms with Crippen LogP contribution >= 0.6 is 11.8 Å². The van der Waals surface area contributed by atoms with Gasteiger partial charge < -0.3 is 15.5 Å². The second kappa shape index (κ2) is 8.42. The number of carbonyl (C=O) groups is 1. The summed E-state index contributed by atoms with van der Waals surface area (Å²) in [7, 11) is 1.64. The lowest BCUT2D eigenvalue weighted by atomic mass is 10.1. The third-order valence-corrected chi connectivity index (χ3v) is 5.21. The minimum atomic E-state index is -0.0635. The second-order valence-corrected chi connectivity index (χ2v) is 8.28. The van der Waals surface area contributed by atoms with Gasteiger partial charge in [0.05, 0.1) is 6.54 Å². The van der Waals surface area contributed by atoms with E-state index in [9.17, 15) is 4.79 Å². The molecule has 24 heavy (non-hydrogen) atoms. The Kier molecular flexibility index (Phi) is 6.54. The maximum Gasteiger partial charge on any atom is 0.251 e. The molecule has 0 saturated carbocycles. The van der Waals surface area contributed by atoms with E-state index in [0.29, 0.717) is 12.1 Å². The van der Waals surface area contributed by atoms with Crippen molar-refractivity contribution in [3.05, 3.63) is 35.4 Å². The fraction of sp³-hybridized carbons (Fsp3) is 0.556. The minimum absolute atomic E-state index is 0.0635. The molecule has 1 aliphatic heterocycles. The van der Waals surface area contributed by atoms with Gasteiger partial charge in [-0.15, -0.1) is 0 Å². The molecule has 0 aliphatic carbocycles. The van der Waals surface area contributed by atoms with Crippen LogP contribution in [0.4, 0.5) is 0 Å². The molecule has 0 aromatic heterocycles. The molecule has 1 aliphatic rings. The van der Waals surface area contributed by atoms with Crippen molar-refractivity contribution in [1.82, 2.24) is 15.5 Å². The Bertz CT molecular complexity index is 583. The highest BCUT2D eigenvalue weighted by Gasteiger charge is 2.28. The normalized spacial score (nSPS) is 17.5. The Morgan fingerprint density at radius 2 is 2.04 bits per heavy atom. The van der Waals surface area contributed by atoms with Crippen LogP contribution in [0.2, 0.25) is 0 Å². The predicted molar refractivity (Wildman–Crippen MR) is 103 cm³/mol. The number of nitrogens with zero attached hydrogens (tertiary/aromatic N) is 2. The second-order valence-electron chi connectivity index (χ2n) is 6.48. The molecule has 0 bridgehead atoms. The van der Waals surface area contributed by atoms with Crippen LogP contribution in [-0.4, -0.2) is 53.9 Å². The summed E-state index contributed by atoms with van der Waals surface area (Å²) in [6.45, 7) is 10.2. The lowest BCUT2D eigenvalue weighted by molar-refractivity contribution is 0.0963. The zero-order valence-corrected chi connectivity index (χ0v) is 15.9. The van der Waals surface area contributed by atoms with E-state index in [1.807, 2.05) is 36.0 Å². The number of aliphatic imine (C=N–C) groups is 1. The minimum Gasteiger partial charge on any atom is -0.357 e. The van der Waals surface area contributed by atoms with Crippen molar-refractivity contribution in [1.29, 1.82) is 0 Å². The van der Waals surface area contributed by atoms with Crippen LogP contribution in [0.5, 0.6) is 0 Å². The van der Waals surface area contributed by atoms with E-state index in [1.165, 1.54) is 0 Å². The summed E-state index contributed by atoms with van der Waals surface area (Å²) in [5, 5.41) is 6.03. The van der Waals surface area contributed by atoms with Crippen LogP contribution in [-0.2, 0) is 6.54 Å². The van der Waals surface area contributed by atoms with Crippen molar-refractivity contribution in [2.75, 3.05) is 32.4 Å². The van der Waals surface area contributed by atoms with E-state index in [0.717, 1.165) is 36.9 Å². The molecule has 0 radical (unpaired) electrons. The molecule has 1 amide bonds. The quantitative estimate of drug-likeness (QED) is 0.648. The number of thioether (sulfide) groups is 1. The fourth-order valence-electron chi connectivity index (χ4n) is 2.70. The van der Waals surface area contributed by atoms with E-state index in [2.05, 4.69) is 36.3 Å². The number of hydrogen-bond donors (Lipinski definition) is 2. The molecular formula is C18H28N4OS. The first-order chi connectivity index (χ1) is 11.4.